The number of halogens is 1. The minimum Gasteiger partial charge on any atom is -0.489 e. The molecule has 4 heteroatoms. The molecule has 0 spiro atoms. The minimum atomic E-state index is -0.549. The Balaban J connectivity index is 1.18. The van der Waals surface area contributed by atoms with Gasteiger partial charge in [0.05, 0.1) is 5.92 Å². The van der Waals surface area contributed by atoms with Gasteiger partial charge in [0, 0.05) is 6.07 Å². The lowest BCUT2D eigenvalue weighted by molar-refractivity contribution is -0.140. The van der Waals surface area contributed by atoms with Gasteiger partial charge in [-0.2, -0.15) is 0 Å². The summed E-state index contributed by atoms with van der Waals surface area (Å²) >= 11 is 0. The van der Waals surface area contributed by atoms with Crippen LogP contribution in [0.2, 0.25) is 0 Å². The van der Waals surface area contributed by atoms with Crippen LogP contribution in [-0.4, -0.2) is 12.6 Å². The zero-order valence-electron chi connectivity index (χ0n) is 23.3. The molecule has 1 aromatic carbocycles. The lowest BCUT2D eigenvalue weighted by atomic mass is 9.60. The van der Waals surface area contributed by atoms with Crippen LogP contribution < -0.4 is 9.47 Å². The van der Waals surface area contributed by atoms with Crippen molar-refractivity contribution in [3.63, 3.8) is 0 Å². The van der Waals surface area contributed by atoms with Crippen LogP contribution >= 0.6 is 0 Å². The van der Waals surface area contributed by atoms with Crippen molar-refractivity contribution in [3.05, 3.63) is 36.2 Å². The van der Waals surface area contributed by atoms with E-state index in [1.165, 1.54) is 82.8 Å². The summed E-state index contributed by atoms with van der Waals surface area (Å²) in [7, 11) is 0. The maximum atomic E-state index is 14.5. The summed E-state index contributed by atoms with van der Waals surface area (Å²) in [6, 6.07) is 4.45. The summed E-state index contributed by atoms with van der Waals surface area (Å²) in [4.78, 5) is 12.8. The molecule has 0 aromatic heterocycles. The number of carbonyl (C=O) groups excluding carboxylic acids is 1. The second kappa shape index (κ2) is 14.4. The lowest BCUT2D eigenvalue weighted by Gasteiger charge is -2.45. The molecule has 3 aliphatic carbocycles. The second-order valence-electron chi connectivity index (χ2n) is 12.1. The van der Waals surface area contributed by atoms with Crippen LogP contribution in [0.25, 0.3) is 0 Å². The Morgan fingerprint density at radius 3 is 2.35 bits per heavy atom. The molecule has 0 aliphatic heterocycles. The number of ether oxygens (including phenoxy) is 2. The predicted molar refractivity (Wildman–Crippen MR) is 148 cm³/mol. The molecule has 4 atom stereocenters. The number of hydrogen-bond acceptors (Lipinski definition) is 3. The third-order valence-corrected chi connectivity index (χ3v) is 9.70. The molecule has 0 N–H and O–H groups in total. The van der Waals surface area contributed by atoms with E-state index < -0.39 is 5.82 Å². The smallest absolute Gasteiger partial charge is 0.314 e. The van der Waals surface area contributed by atoms with E-state index in [1.807, 2.05) is 19.1 Å². The first-order chi connectivity index (χ1) is 18.1. The Morgan fingerprint density at radius 2 is 1.62 bits per heavy atom. The number of fused-ring (bicyclic) bond motifs is 1. The Hall–Kier alpha value is -1.84. The molecule has 1 aromatic rings. The summed E-state index contributed by atoms with van der Waals surface area (Å²) in [5, 5.41) is 0. The van der Waals surface area contributed by atoms with Gasteiger partial charge < -0.3 is 9.47 Å². The van der Waals surface area contributed by atoms with Gasteiger partial charge >= 0.3 is 5.97 Å². The van der Waals surface area contributed by atoms with E-state index in [-0.39, 0.29) is 17.6 Å². The van der Waals surface area contributed by atoms with E-state index in [9.17, 15) is 9.18 Å². The number of unbranched alkanes of at least 4 members (excludes halogenated alkanes) is 3. The van der Waals surface area contributed by atoms with Crippen molar-refractivity contribution in [2.24, 2.45) is 35.5 Å². The maximum Gasteiger partial charge on any atom is 0.314 e. The Labute approximate surface area is 224 Å². The first kappa shape index (κ1) is 28.2. The van der Waals surface area contributed by atoms with Gasteiger partial charge in [0.25, 0.3) is 0 Å². The summed E-state index contributed by atoms with van der Waals surface area (Å²) in [6.07, 6.45) is 23.4. The molecule has 0 saturated heterocycles. The topological polar surface area (TPSA) is 35.5 Å². The van der Waals surface area contributed by atoms with E-state index >= 15 is 0 Å². The van der Waals surface area contributed by atoms with E-state index in [1.54, 1.807) is 6.07 Å². The number of hydrogen-bond donors (Lipinski definition) is 0. The highest BCUT2D eigenvalue weighted by atomic mass is 19.1. The van der Waals surface area contributed by atoms with Crippen molar-refractivity contribution in [1.82, 2.24) is 0 Å². The van der Waals surface area contributed by atoms with Gasteiger partial charge in [0.15, 0.2) is 11.6 Å². The highest BCUT2D eigenvalue weighted by Crippen LogP contribution is 2.49. The normalized spacial score (nSPS) is 30.1. The zero-order valence-corrected chi connectivity index (χ0v) is 23.3. The molecule has 3 fully saturated rings. The quantitative estimate of drug-likeness (QED) is 0.128. The van der Waals surface area contributed by atoms with Crippen molar-refractivity contribution in [1.29, 1.82) is 0 Å². The molecule has 206 valence electrons. The van der Waals surface area contributed by atoms with Crippen LogP contribution in [0.3, 0.4) is 0 Å². The highest BCUT2D eigenvalue weighted by Gasteiger charge is 2.39. The van der Waals surface area contributed by atoms with Gasteiger partial charge in [-0.1, -0.05) is 57.6 Å². The zero-order chi connectivity index (χ0) is 26.0. The average molecular weight is 513 g/mol. The van der Waals surface area contributed by atoms with E-state index in [0.717, 1.165) is 55.3 Å². The van der Waals surface area contributed by atoms with Crippen molar-refractivity contribution >= 4 is 5.97 Å². The number of rotatable bonds is 11. The Morgan fingerprint density at radius 1 is 0.919 bits per heavy atom. The van der Waals surface area contributed by atoms with Crippen LogP contribution in [0.15, 0.2) is 30.4 Å². The second-order valence-corrected chi connectivity index (χ2v) is 12.1. The lowest BCUT2D eigenvalue weighted by Crippen LogP contribution is -2.35. The van der Waals surface area contributed by atoms with Gasteiger partial charge in [-0.25, -0.2) is 4.39 Å². The number of benzene rings is 1. The third-order valence-electron chi connectivity index (χ3n) is 9.70. The number of carbonyl (C=O) groups is 1. The van der Waals surface area contributed by atoms with Gasteiger partial charge in [-0.3, -0.25) is 4.79 Å². The van der Waals surface area contributed by atoms with Crippen molar-refractivity contribution in [3.8, 4) is 11.5 Å². The molecule has 0 amide bonds. The van der Waals surface area contributed by atoms with Crippen LogP contribution in [0.5, 0.6) is 11.5 Å². The first-order valence-electron chi connectivity index (χ1n) is 15.3. The fourth-order valence-electron chi connectivity index (χ4n) is 7.49. The minimum absolute atomic E-state index is 0.00444. The first-order valence-corrected chi connectivity index (χ1v) is 15.3. The van der Waals surface area contributed by atoms with E-state index in [0.29, 0.717) is 12.4 Å². The Kier molecular flexibility index (Phi) is 10.9. The fraction of sp³-hybridized carbons (Fsp3) is 0.727. The monoisotopic (exact) mass is 512 g/mol. The molecule has 0 bridgehead atoms. The van der Waals surface area contributed by atoms with Crippen molar-refractivity contribution in [2.75, 3.05) is 6.61 Å². The third kappa shape index (κ3) is 8.07. The molecule has 4 unspecified atom stereocenters. The number of allylic oxidation sites excluding steroid dienone is 1. The average Bonchev–Trinajstić information content (AvgIpc) is 2.92. The molecule has 3 aliphatic rings. The molecule has 4 rings (SSSR count). The SMILES string of the molecule is C/C=C/COc1ccc(OC(=O)C2CCC(C3CCC4CC(CCCCCC)CCC4C3)CC2)c(F)c1. The molecule has 3 nitrogen and oxygen atoms in total. The van der Waals surface area contributed by atoms with Gasteiger partial charge in [0.2, 0.25) is 0 Å². The van der Waals surface area contributed by atoms with Crippen LogP contribution in [0.4, 0.5) is 4.39 Å². The molecule has 37 heavy (non-hydrogen) atoms. The number of esters is 1. The van der Waals surface area contributed by atoms with Crippen LogP contribution in [-0.2, 0) is 4.79 Å². The summed E-state index contributed by atoms with van der Waals surface area (Å²) in [5.74, 6) is 4.00. The Bertz CT molecular complexity index is 872. The largest absolute Gasteiger partial charge is 0.489 e. The molecule has 0 heterocycles. The fourth-order valence-corrected chi connectivity index (χ4v) is 7.49. The van der Waals surface area contributed by atoms with E-state index in [2.05, 4.69) is 6.92 Å². The predicted octanol–water partition coefficient (Wildman–Crippen LogP) is 9.30. The summed E-state index contributed by atoms with van der Waals surface area (Å²) in [5.41, 5.74) is 0. The standard InChI is InChI=1S/C33H49FO3/c1-3-5-7-8-9-24-10-11-29-22-28(17-16-27(29)21-24)25-12-14-26(15-13-25)33(35)37-32-19-18-30(23-31(32)34)36-20-6-4-2/h4,6,18-19,23-29H,3,5,7-17,20-22H2,1-2H3/b6-4+. The van der Waals surface area contributed by atoms with Gasteiger partial charge in [-0.05, 0) is 106 Å². The van der Waals surface area contributed by atoms with Gasteiger partial charge in [-0.15, -0.1) is 0 Å². The molecular weight excluding hydrogens is 463 g/mol. The molecule has 3 saturated carbocycles. The van der Waals surface area contributed by atoms with E-state index in [4.69, 9.17) is 9.47 Å². The molecular formula is C33H49FO3. The van der Waals surface area contributed by atoms with Crippen LogP contribution in [0, 0.1) is 41.3 Å². The van der Waals surface area contributed by atoms with Crippen LogP contribution in [0.1, 0.15) is 110 Å². The highest BCUT2D eigenvalue weighted by molar-refractivity contribution is 5.75. The van der Waals surface area contributed by atoms with Gasteiger partial charge in [0.1, 0.15) is 12.4 Å². The van der Waals surface area contributed by atoms with Crippen molar-refractivity contribution in [2.45, 2.75) is 110 Å². The summed E-state index contributed by atoms with van der Waals surface area (Å²) in [6.45, 7) is 4.60. The van der Waals surface area contributed by atoms with Crippen molar-refractivity contribution < 1.29 is 18.7 Å². The summed E-state index contributed by atoms with van der Waals surface area (Å²) < 4.78 is 25.4. The maximum absolute atomic E-state index is 14.5. The molecule has 0 radical (unpaired) electrons.